The molecule has 2 rings (SSSR count). The molecular formula is C15H14BrClFN. The molecule has 0 spiro atoms. The molecule has 0 fully saturated rings. The lowest BCUT2D eigenvalue weighted by Gasteiger charge is -2.14. The third kappa shape index (κ3) is 3.56. The first kappa shape index (κ1) is 14.5. The summed E-state index contributed by atoms with van der Waals surface area (Å²) in [4.78, 5) is 0. The van der Waals surface area contributed by atoms with E-state index >= 15 is 0 Å². The van der Waals surface area contributed by atoms with Crippen LogP contribution in [0.4, 0.5) is 4.39 Å². The third-order valence-electron chi connectivity index (χ3n) is 3.06. The lowest BCUT2D eigenvalue weighted by Crippen LogP contribution is -2.14. The predicted molar refractivity (Wildman–Crippen MR) is 80.9 cm³/mol. The van der Waals surface area contributed by atoms with Gasteiger partial charge in [0.1, 0.15) is 5.82 Å². The quantitative estimate of drug-likeness (QED) is 0.852. The Morgan fingerprint density at radius 2 is 2.00 bits per heavy atom. The molecule has 2 aromatic carbocycles. The Morgan fingerprint density at radius 1 is 1.26 bits per heavy atom. The van der Waals surface area contributed by atoms with Crippen molar-refractivity contribution in [1.82, 2.24) is 0 Å². The molecule has 1 nitrogen and oxygen atoms in total. The highest BCUT2D eigenvalue weighted by atomic mass is 79.9. The predicted octanol–water partition coefficient (Wildman–Crippen LogP) is 4.79. The van der Waals surface area contributed by atoms with Gasteiger partial charge in [-0.3, -0.25) is 0 Å². The van der Waals surface area contributed by atoms with Crippen LogP contribution in [0.1, 0.15) is 22.7 Å². The first-order valence-electron chi connectivity index (χ1n) is 5.93. The zero-order valence-corrected chi connectivity index (χ0v) is 12.8. The van der Waals surface area contributed by atoms with Gasteiger partial charge in [0.25, 0.3) is 0 Å². The lowest BCUT2D eigenvalue weighted by molar-refractivity contribution is 0.622. The van der Waals surface area contributed by atoms with E-state index in [0.29, 0.717) is 11.4 Å². The topological polar surface area (TPSA) is 26.0 Å². The van der Waals surface area contributed by atoms with E-state index in [1.165, 1.54) is 12.1 Å². The minimum Gasteiger partial charge on any atom is -0.324 e. The van der Waals surface area contributed by atoms with Crippen molar-refractivity contribution in [2.75, 3.05) is 0 Å². The smallest absolute Gasteiger partial charge is 0.123 e. The van der Waals surface area contributed by atoms with Crippen LogP contribution in [-0.2, 0) is 6.42 Å². The molecule has 0 aliphatic heterocycles. The summed E-state index contributed by atoms with van der Waals surface area (Å²) in [6, 6.07) is 10.1. The molecule has 100 valence electrons. The third-order valence-corrected chi connectivity index (χ3v) is 4.32. The Kier molecular flexibility index (Phi) is 4.61. The molecule has 0 radical (unpaired) electrons. The van der Waals surface area contributed by atoms with E-state index in [4.69, 9.17) is 17.3 Å². The molecule has 0 bridgehead atoms. The summed E-state index contributed by atoms with van der Waals surface area (Å²) in [6.07, 6.45) is 0.512. The molecule has 2 aromatic rings. The highest BCUT2D eigenvalue weighted by Crippen LogP contribution is 2.25. The Balaban J connectivity index is 2.22. The minimum absolute atomic E-state index is 0.203. The van der Waals surface area contributed by atoms with Crippen LogP contribution in [0.15, 0.2) is 40.9 Å². The zero-order valence-electron chi connectivity index (χ0n) is 10.5. The second-order valence-electron chi connectivity index (χ2n) is 4.55. The van der Waals surface area contributed by atoms with Crippen LogP contribution in [0.25, 0.3) is 0 Å². The number of nitrogens with two attached hydrogens (primary N) is 1. The highest BCUT2D eigenvalue weighted by Gasteiger charge is 2.11. The van der Waals surface area contributed by atoms with Crippen LogP contribution in [0, 0.1) is 12.7 Å². The van der Waals surface area contributed by atoms with Crippen molar-refractivity contribution in [3.63, 3.8) is 0 Å². The van der Waals surface area contributed by atoms with Crippen molar-refractivity contribution in [1.29, 1.82) is 0 Å². The maximum Gasteiger partial charge on any atom is 0.123 e. The molecule has 4 heteroatoms. The van der Waals surface area contributed by atoms with Gasteiger partial charge >= 0.3 is 0 Å². The summed E-state index contributed by atoms with van der Waals surface area (Å²) in [6.45, 7) is 2.01. The van der Waals surface area contributed by atoms with Crippen LogP contribution in [0.5, 0.6) is 0 Å². The minimum atomic E-state index is -0.293. The summed E-state index contributed by atoms with van der Waals surface area (Å²) >= 11 is 9.51. The lowest BCUT2D eigenvalue weighted by atomic mass is 9.98. The first-order valence-corrected chi connectivity index (χ1v) is 7.10. The zero-order chi connectivity index (χ0) is 14.0. The maximum atomic E-state index is 13.2. The van der Waals surface area contributed by atoms with Gasteiger partial charge in [0, 0.05) is 15.5 Å². The monoisotopic (exact) mass is 341 g/mol. The van der Waals surface area contributed by atoms with Crippen LogP contribution >= 0.6 is 27.5 Å². The van der Waals surface area contributed by atoms with Gasteiger partial charge in [-0.05, 0) is 54.3 Å². The van der Waals surface area contributed by atoms with Crippen molar-refractivity contribution in [3.8, 4) is 0 Å². The Morgan fingerprint density at radius 3 is 2.68 bits per heavy atom. The van der Waals surface area contributed by atoms with Gasteiger partial charge in [-0.2, -0.15) is 0 Å². The summed E-state index contributed by atoms with van der Waals surface area (Å²) in [5, 5.41) is 0.547. The second-order valence-corrected chi connectivity index (χ2v) is 5.82. The number of rotatable bonds is 3. The van der Waals surface area contributed by atoms with Gasteiger partial charge in [0.05, 0.1) is 0 Å². The fraction of sp³-hybridized carbons (Fsp3) is 0.200. The number of hydrogen-bond donors (Lipinski definition) is 1. The van der Waals surface area contributed by atoms with Gasteiger partial charge in [-0.15, -0.1) is 0 Å². The largest absolute Gasteiger partial charge is 0.324 e. The van der Waals surface area contributed by atoms with Gasteiger partial charge in [-0.25, -0.2) is 4.39 Å². The van der Waals surface area contributed by atoms with E-state index in [2.05, 4.69) is 15.9 Å². The van der Waals surface area contributed by atoms with Crippen molar-refractivity contribution in [2.45, 2.75) is 19.4 Å². The number of aryl methyl sites for hydroxylation is 1. The molecule has 0 aromatic heterocycles. The molecule has 0 aliphatic carbocycles. The van der Waals surface area contributed by atoms with E-state index < -0.39 is 0 Å². The first-order chi connectivity index (χ1) is 8.97. The normalized spacial score (nSPS) is 12.5. The van der Waals surface area contributed by atoms with Crippen LogP contribution in [0.2, 0.25) is 5.02 Å². The summed E-state index contributed by atoms with van der Waals surface area (Å²) in [7, 11) is 0. The maximum absolute atomic E-state index is 13.2. The van der Waals surface area contributed by atoms with Gasteiger partial charge < -0.3 is 5.73 Å². The molecule has 0 heterocycles. The van der Waals surface area contributed by atoms with E-state index in [-0.39, 0.29) is 11.9 Å². The summed E-state index contributed by atoms with van der Waals surface area (Å²) < 4.78 is 14.3. The molecule has 1 atom stereocenters. The molecule has 0 aliphatic rings. The van der Waals surface area contributed by atoms with Gasteiger partial charge in [-0.1, -0.05) is 39.7 Å². The Hall–Kier alpha value is -0.900. The van der Waals surface area contributed by atoms with E-state index in [1.807, 2.05) is 25.1 Å². The van der Waals surface area contributed by atoms with Gasteiger partial charge in [0.15, 0.2) is 0 Å². The van der Waals surface area contributed by atoms with E-state index in [1.54, 1.807) is 6.07 Å². The van der Waals surface area contributed by atoms with E-state index in [0.717, 1.165) is 21.2 Å². The molecule has 0 amide bonds. The Bertz CT molecular complexity index is 601. The fourth-order valence-corrected chi connectivity index (χ4v) is 2.39. The molecule has 1 unspecified atom stereocenters. The van der Waals surface area contributed by atoms with Crippen molar-refractivity contribution in [2.24, 2.45) is 5.73 Å². The average Bonchev–Trinajstić information content (AvgIpc) is 2.37. The fourth-order valence-electron chi connectivity index (χ4n) is 1.95. The summed E-state index contributed by atoms with van der Waals surface area (Å²) in [5.74, 6) is -0.293. The molecule has 0 saturated heterocycles. The van der Waals surface area contributed by atoms with E-state index in [9.17, 15) is 4.39 Å². The van der Waals surface area contributed by atoms with Crippen LogP contribution in [-0.4, -0.2) is 0 Å². The molecule has 0 saturated carbocycles. The Labute approximate surface area is 125 Å². The van der Waals surface area contributed by atoms with Crippen molar-refractivity contribution in [3.05, 3.63) is 68.4 Å². The van der Waals surface area contributed by atoms with Crippen molar-refractivity contribution >= 4 is 27.5 Å². The average molecular weight is 343 g/mol. The standard InChI is InChI=1S/C15H14BrClFN/c1-9-6-10(2-4-13(9)16)15(19)8-11-7-12(18)3-5-14(11)17/h2-7,15H,8,19H2,1H3. The van der Waals surface area contributed by atoms with Crippen molar-refractivity contribution < 1.29 is 4.39 Å². The SMILES string of the molecule is Cc1cc(C(N)Cc2cc(F)ccc2Cl)ccc1Br. The highest BCUT2D eigenvalue weighted by molar-refractivity contribution is 9.10. The number of halogens is 3. The van der Waals surface area contributed by atoms with Gasteiger partial charge in [0.2, 0.25) is 0 Å². The second kappa shape index (κ2) is 6.04. The van der Waals surface area contributed by atoms with Crippen LogP contribution in [0.3, 0.4) is 0 Å². The molecule has 2 N–H and O–H groups in total. The summed E-state index contributed by atoms with van der Waals surface area (Å²) in [5.41, 5.74) is 9.04. The molecule has 19 heavy (non-hydrogen) atoms. The molecular weight excluding hydrogens is 329 g/mol. The number of hydrogen-bond acceptors (Lipinski definition) is 1. The van der Waals surface area contributed by atoms with Crippen LogP contribution < -0.4 is 5.73 Å². The number of benzene rings is 2.